The van der Waals surface area contributed by atoms with Crippen molar-refractivity contribution >= 4 is 22.5 Å². The second kappa shape index (κ2) is 7.85. The number of hydrogen-bond donors (Lipinski definition) is 1. The Labute approximate surface area is 194 Å². The van der Waals surface area contributed by atoms with Crippen molar-refractivity contribution in [3.63, 3.8) is 0 Å². The molecule has 0 bridgehead atoms. The van der Waals surface area contributed by atoms with E-state index < -0.39 is 0 Å². The van der Waals surface area contributed by atoms with E-state index in [1.54, 1.807) is 35.0 Å². The van der Waals surface area contributed by atoms with Gasteiger partial charge < -0.3 is 14.6 Å². The smallest absolute Gasteiger partial charge is 0.168 e. The van der Waals surface area contributed by atoms with Gasteiger partial charge in [0.15, 0.2) is 5.65 Å². The zero-order valence-electron chi connectivity index (χ0n) is 18.4. The molecule has 1 aliphatic rings. The molecule has 1 atom stereocenters. The van der Waals surface area contributed by atoms with Crippen LogP contribution in [0.25, 0.3) is 28.1 Å². The van der Waals surface area contributed by atoms with Gasteiger partial charge >= 0.3 is 0 Å². The van der Waals surface area contributed by atoms with Gasteiger partial charge in [0.25, 0.3) is 0 Å². The first-order valence-electron chi connectivity index (χ1n) is 11.0. The van der Waals surface area contributed by atoms with Crippen molar-refractivity contribution in [2.75, 3.05) is 18.6 Å². The highest BCUT2D eigenvalue weighted by molar-refractivity contribution is 5.85. The van der Waals surface area contributed by atoms with Crippen LogP contribution >= 0.6 is 0 Å². The van der Waals surface area contributed by atoms with Crippen LogP contribution in [-0.2, 0) is 0 Å². The van der Waals surface area contributed by atoms with Crippen LogP contribution < -0.4 is 9.64 Å². The molecule has 4 heterocycles. The first-order chi connectivity index (χ1) is 16.6. The van der Waals surface area contributed by atoms with E-state index in [0.29, 0.717) is 28.3 Å². The Morgan fingerprint density at radius 3 is 2.94 bits per heavy atom. The quantitative estimate of drug-likeness (QED) is 0.426. The van der Waals surface area contributed by atoms with E-state index in [9.17, 15) is 9.65 Å². The lowest BCUT2D eigenvalue weighted by Gasteiger charge is -2.26. The summed E-state index contributed by atoms with van der Waals surface area (Å²) in [4.78, 5) is 15.1. The first-order valence-corrected chi connectivity index (χ1v) is 11.0. The molecule has 0 amide bonds. The Morgan fingerprint density at radius 1 is 1.21 bits per heavy atom. The molecule has 0 aliphatic carbocycles. The Balaban J connectivity index is 1.42. The zero-order valence-corrected chi connectivity index (χ0v) is 18.4. The SMILES string of the molecule is COc1cc2nc(-c3cnn4ccc(N5CCCC5c5cccc(F)c5)nc34)[nH]c2cc1C#N. The van der Waals surface area contributed by atoms with Crippen molar-refractivity contribution in [3.8, 4) is 23.2 Å². The van der Waals surface area contributed by atoms with Gasteiger partial charge in [-0.25, -0.2) is 18.9 Å². The van der Waals surface area contributed by atoms with Gasteiger partial charge in [-0.15, -0.1) is 0 Å². The van der Waals surface area contributed by atoms with Gasteiger partial charge in [-0.2, -0.15) is 10.4 Å². The second-order valence-electron chi connectivity index (χ2n) is 8.29. The summed E-state index contributed by atoms with van der Waals surface area (Å²) >= 11 is 0. The highest BCUT2D eigenvalue weighted by Gasteiger charge is 2.28. The normalized spacial score (nSPS) is 15.8. The predicted molar refractivity (Wildman–Crippen MR) is 125 cm³/mol. The summed E-state index contributed by atoms with van der Waals surface area (Å²) in [6, 6.07) is 14.4. The molecule has 1 N–H and O–H groups in total. The van der Waals surface area contributed by atoms with E-state index in [0.717, 1.165) is 41.8 Å². The van der Waals surface area contributed by atoms with Crippen molar-refractivity contribution in [2.45, 2.75) is 18.9 Å². The number of fused-ring (bicyclic) bond motifs is 2. The van der Waals surface area contributed by atoms with Crippen molar-refractivity contribution in [1.82, 2.24) is 24.6 Å². The summed E-state index contributed by atoms with van der Waals surface area (Å²) in [5.74, 6) is 1.66. The number of imidazole rings is 1. The number of aromatic amines is 1. The number of nitriles is 1. The molecule has 6 rings (SSSR count). The van der Waals surface area contributed by atoms with Crippen LogP contribution in [0.4, 0.5) is 10.2 Å². The number of ether oxygens (including phenoxy) is 1. The van der Waals surface area contributed by atoms with Crippen LogP contribution in [-0.4, -0.2) is 38.2 Å². The topological polar surface area (TPSA) is 95.1 Å². The molecule has 5 aromatic rings. The maximum atomic E-state index is 13.9. The molecule has 0 spiro atoms. The van der Waals surface area contributed by atoms with Crippen LogP contribution in [0.5, 0.6) is 5.75 Å². The number of H-pyrrole nitrogens is 1. The van der Waals surface area contributed by atoms with E-state index in [2.05, 4.69) is 21.1 Å². The molecule has 1 fully saturated rings. The van der Waals surface area contributed by atoms with Gasteiger partial charge in [-0.05, 0) is 42.7 Å². The molecule has 0 radical (unpaired) electrons. The Hall–Kier alpha value is -4.45. The van der Waals surface area contributed by atoms with Crippen molar-refractivity contribution in [2.24, 2.45) is 0 Å². The third-order valence-electron chi connectivity index (χ3n) is 6.31. The number of rotatable bonds is 4. The molecule has 1 saturated heterocycles. The predicted octanol–water partition coefficient (Wildman–Crippen LogP) is 4.63. The number of benzene rings is 2. The van der Waals surface area contributed by atoms with Gasteiger partial charge in [0.2, 0.25) is 0 Å². The van der Waals surface area contributed by atoms with Crippen LogP contribution in [0.3, 0.4) is 0 Å². The standard InChI is InChI=1S/C25H20FN7O/c1-34-22-12-20-19(11-16(22)13-27)29-24(30-20)18-14-28-33-9-7-23(31-25(18)33)32-8-3-6-21(32)15-4-2-5-17(26)10-15/h2,4-5,7,9-12,14,21H,3,6,8H2,1H3,(H,29,30). The average Bonchev–Trinajstić information content (AvgIpc) is 3.60. The number of nitrogens with one attached hydrogen (secondary N) is 1. The molecule has 1 aliphatic heterocycles. The Morgan fingerprint density at radius 2 is 2.12 bits per heavy atom. The van der Waals surface area contributed by atoms with Crippen LogP contribution in [0.1, 0.15) is 30.0 Å². The highest BCUT2D eigenvalue weighted by Crippen LogP contribution is 2.36. The van der Waals surface area contributed by atoms with Crippen molar-refractivity contribution in [3.05, 3.63) is 71.8 Å². The molecule has 9 heteroatoms. The molecular formula is C25H20FN7O. The molecule has 0 saturated carbocycles. The maximum absolute atomic E-state index is 13.9. The highest BCUT2D eigenvalue weighted by atomic mass is 19.1. The summed E-state index contributed by atoms with van der Waals surface area (Å²) < 4.78 is 20.9. The summed E-state index contributed by atoms with van der Waals surface area (Å²) in [5.41, 5.74) is 4.21. The van der Waals surface area contributed by atoms with Gasteiger partial charge in [-0.3, -0.25) is 0 Å². The van der Waals surface area contributed by atoms with Crippen LogP contribution in [0, 0.1) is 17.1 Å². The summed E-state index contributed by atoms with van der Waals surface area (Å²) in [5, 5.41) is 13.8. The number of nitrogens with zero attached hydrogens (tertiary/aromatic N) is 6. The maximum Gasteiger partial charge on any atom is 0.168 e. The van der Waals surface area contributed by atoms with E-state index in [4.69, 9.17) is 14.7 Å². The van der Waals surface area contributed by atoms with Gasteiger partial charge in [-0.1, -0.05) is 12.1 Å². The number of methoxy groups -OCH3 is 1. The molecule has 1 unspecified atom stereocenters. The molecule has 8 nitrogen and oxygen atoms in total. The van der Waals surface area contributed by atoms with Gasteiger partial charge in [0.05, 0.1) is 41.5 Å². The minimum absolute atomic E-state index is 0.0695. The summed E-state index contributed by atoms with van der Waals surface area (Å²) in [7, 11) is 1.53. The van der Waals surface area contributed by atoms with E-state index in [1.165, 1.54) is 13.2 Å². The van der Waals surface area contributed by atoms with Crippen molar-refractivity contribution < 1.29 is 9.13 Å². The lowest BCUT2D eigenvalue weighted by Crippen LogP contribution is -2.23. The Kier molecular flexibility index (Phi) is 4.66. The fraction of sp³-hybridized carbons (Fsp3) is 0.200. The molecule has 3 aromatic heterocycles. The monoisotopic (exact) mass is 453 g/mol. The molecule has 168 valence electrons. The lowest BCUT2D eigenvalue weighted by atomic mass is 10.0. The van der Waals surface area contributed by atoms with Gasteiger partial charge in [0, 0.05) is 18.8 Å². The van der Waals surface area contributed by atoms with E-state index in [-0.39, 0.29) is 11.9 Å². The summed E-state index contributed by atoms with van der Waals surface area (Å²) in [6.45, 7) is 0.842. The number of anilines is 1. The number of aromatic nitrogens is 5. The Bertz CT molecular complexity index is 1580. The lowest BCUT2D eigenvalue weighted by molar-refractivity contribution is 0.414. The zero-order chi connectivity index (χ0) is 23.2. The van der Waals surface area contributed by atoms with Crippen molar-refractivity contribution in [1.29, 1.82) is 5.26 Å². The fourth-order valence-corrected chi connectivity index (χ4v) is 4.71. The van der Waals surface area contributed by atoms with E-state index >= 15 is 0 Å². The molecule has 34 heavy (non-hydrogen) atoms. The van der Waals surface area contributed by atoms with E-state index in [1.807, 2.05) is 18.3 Å². The minimum atomic E-state index is -0.230. The van der Waals surface area contributed by atoms with Crippen LogP contribution in [0.15, 0.2) is 54.9 Å². The van der Waals surface area contributed by atoms with Crippen LogP contribution in [0.2, 0.25) is 0 Å². The third-order valence-corrected chi connectivity index (χ3v) is 6.31. The number of hydrogen-bond acceptors (Lipinski definition) is 6. The first kappa shape index (κ1) is 20.2. The summed E-state index contributed by atoms with van der Waals surface area (Å²) in [6.07, 6.45) is 5.55. The average molecular weight is 453 g/mol. The number of halogens is 1. The minimum Gasteiger partial charge on any atom is -0.495 e. The third kappa shape index (κ3) is 3.23. The molecule has 2 aromatic carbocycles. The fourth-order valence-electron chi connectivity index (χ4n) is 4.71. The van der Waals surface area contributed by atoms with Gasteiger partial charge in [0.1, 0.15) is 29.3 Å². The molecular weight excluding hydrogens is 433 g/mol. The second-order valence-corrected chi connectivity index (χ2v) is 8.29. The largest absolute Gasteiger partial charge is 0.495 e.